The van der Waals surface area contributed by atoms with Gasteiger partial charge in [-0.3, -0.25) is 4.79 Å². The maximum absolute atomic E-state index is 14.1. The number of rotatable bonds is 6. The molecule has 2 heterocycles. The summed E-state index contributed by atoms with van der Waals surface area (Å²) in [6.45, 7) is 3.11. The van der Waals surface area contributed by atoms with E-state index < -0.39 is 11.5 Å². The van der Waals surface area contributed by atoms with E-state index in [1.165, 1.54) is 12.1 Å². The first-order valence-corrected chi connectivity index (χ1v) is 13.3. The fourth-order valence-corrected chi connectivity index (χ4v) is 5.22. The second-order valence-electron chi connectivity index (χ2n) is 10.0. The number of amides is 1. The van der Waals surface area contributed by atoms with E-state index in [-0.39, 0.29) is 12.4 Å². The van der Waals surface area contributed by atoms with Gasteiger partial charge in [-0.15, -0.1) is 0 Å². The summed E-state index contributed by atoms with van der Waals surface area (Å²) in [5.41, 5.74) is 2.66. The van der Waals surface area contributed by atoms with Crippen molar-refractivity contribution >= 4 is 17.4 Å². The van der Waals surface area contributed by atoms with Gasteiger partial charge in [-0.1, -0.05) is 78.4 Å². The molecule has 200 valence electrons. The number of anilines is 2. The van der Waals surface area contributed by atoms with Gasteiger partial charge >= 0.3 is 0 Å². The van der Waals surface area contributed by atoms with Gasteiger partial charge in [0.15, 0.2) is 5.60 Å². The van der Waals surface area contributed by atoms with Crippen molar-refractivity contribution < 1.29 is 14.3 Å². The Bertz CT molecular complexity index is 1590. The first-order valence-electron chi connectivity index (χ1n) is 13.3. The van der Waals surface area contributed by atoms with Gasteiger partial charge in [-0.05, 0) is 54.4 Å². The number of aryl methyl sites for hydroxylation is 1. The van der Waals surface area contributed by atoms with Gasteiger partial charge in [0.2, 0.25) is 0 Å². The molecular weight excluding hydrogens is 503 g/mol. The number of imidazole rings is 1. The van der Waals surface area contributed by atoms with Crippen LogP contribution >= 0.6 is 0 Å². The molecule has 1 amide bonds. The van der Waals surface area contributed by atoms with E-state index in [0.717, 1.165) is 22.6 Å². The minimum atomic E-state index is -1.85. The summed E-state index contributed by atoms with van der Waals surface area (Å²) in [6.07, 6.45) is 0. The first kappa shape index (κ1) is 25.5. The molecule has 6 rings (SSSR count). The zero-order chi connectivity index (χ0) is 27.7. The molecule has 1 aliphatic heterocycles. The standard InChI is InChI=1S/C33H29FN4O2/c1-23-12-18-28(19-13-23)35-31-30(24-14-16-27(34)17-15-24)36-29-22-37(20-21-38(29)31)32(39)33(40,25-8-4-2-5-9-25)26-10-6-3-7-11-26/h2-19,35,40H,20-22H2,1H3. The Kier molecular flexibility index (Phi) is 6.66. The van der Waals surface area contributed by atoms with Crippen molar-refractivity contribution in [3.63, 3.8) is 0 Å². The van der Waals surface area contributed by atoms with Crippen LogP contribution in [0.4, 0.5) is 15.9 Å². The quantitative estimate of drug-likeness (QED) is 0.281. The summed E-state index contributed by atoms with van der Waals surface area (Å²) in [7, 11) is 0. The lowest BCUT2D eigenvalue weighted by atomic mass is 9.85. The molecule has 0 bridgehead atoms. The van der Waals surface area contributed by atoms with E-state index in [9.17, 15) is 14.3 Å². The molecule has 0 unspecified atom stereocenters. The number of halogens is 1. The monoisotopic (exact) mass is 532 g/mol. The molecule has 7 heteroatoms. The number of carbonyl (C=O) groups is 1. The van der Waals surface area contributed by atoms with Crippen LogP contribution in [-0.4, -0.2) is 32.0 Å². The number of aromatic nitrogens is 2. The van der Waals surface area contributed by atoms with Gasteiger partial charge in [-0.2, -0.15) is 0 Å². The number of hydrogen-bond donors (Lipinski definition) is 2. The maximum atomic E-state index is 14.1. The number of carbonyl (C=O) groups excluding carboxylic acids is 1. The molecule has 0 atom stereocenters. The largest absolute Gasteiger partial charge is 0.372 e. The third kappa shape index (κ3) is 4.65. The Morgan fingerprint density at radius 2 is 1.45 bits per heavy atom. The molecule has 1 aromatic heterocycles. The van der Waals surface area contributed by atoms with E-state index >= 15 is 0 Å². The predicted molar refractivity (Wildman–Crippen MR) is 153 cm³/mol. The summed E-state index contributed by atoms with van der Waals surface area (Å²) in [5.74, 6) is 0.727. The Hall–Kier alpha value is -4.75. The molecule has 1 aliphatic rings. The van der Waals surface area contributed by atoms with Crippen molar-refractivity contribution in [1.82, 2.24) is 14.5 Å². The van der Waals surface area contributed by atoms with Gasteiger partial charge in [0.1, 0.15) is 23.2 Å². The van der Waals surface area contributed by atoms with E-state index in [1.54, 1.807) is 41.3 Å². The lowest BCUT2D eigenvalue weighted by molar-refractivity contribution is -0.149. The summed E-state index contributed by atoms with van der Waals surface area (Å²) in [6, 6.07) is 32.4. The second-order valence-corrected chi connectivity index (χ2v) is 10.0. The van der Waals surface area contributed by atoms with Gasteiger partial charge in [0.25, 0.3) is 5.91 Å². The van der Waals surface area contributed by atoms with Crippen LogP contribution in [0, 0.1) is 12.7 Å². The van der Waals surface area contributed by atoms with E-state index in [2.05, 4.69) is 9.88 Å². The fourth-order valence-electron chi connectivity index (χ4n) is 5.22. The van der Waals surface area contributed by atoms with Crippen molar-refractivity contribution in [2.24, 2.45) is 0 Å². The highest BCUT2D eigenvalue weighted by Crippen LogP contribution is 2.36. The smallest absolute Gasteiger partial charge is 0.264 e. The molecule has 0 saturated heterocycles. The van der Waals surface area contributed by atoms with E-state index in [4.69, 9.17) is 4.98 Å². The lowest BCUT2D eigenvalue weighted by Crippen LogP contribution is -2.50. The lowest BCUT2D eigenvalue weighted by Gasteiger charge is -2.36. The van der Waals surface area contributed by atoms with Gasteiger partial charge in [-0.25, -0.2) is 9.37 Å². The number of benzene rings is 4. The molecule has 0 fully saturated rings. The van der Waals surface area contributed by atoms with Crippen LogP contribution in [0.5, 0.6) is 0 Å². The Labute approximate surface area is 232 Å². The van der Waals surface area contributed by atoms with Crippen LogP contribution in [0.15, 0.2) is 109 Å². The summed E-state index contributed by atoms with van der Waals surface area (Å²) in [5, 5.41) is 15.5. The van der Waals surface area contributed by atoms with Crippen LogP contribution < -0.4 is 5.32 Å². The maximum Gasteiger partial charge on any atom is 0.264 e. The van der Waals surface area contributed by atoms with Gasteiger partial charge in [0.05, 0.1) is 6.54 Å². The van der Waals surface area contributed by atoms with Crippen LogP contribution in [0.25, 0.3) is 11.3 Å². The minimum Gasteiger partial charge on any atom is -0.372 e. The SMILES string of the molecule is Cc1ccc(Nc2c(-c3ccc(F)cc3)nc3n2CCN(C(=O)C(O)(c2ccccc2)c2ccccc2)C3)cc1. The average Bonchev–Trinajstić information content (AvgIpc) is 3.36. The topological polar surface area (TPSA) is 70.4 Å². The fraction of sp³-hybridized carbons (Fsp3) is 0.152. The highest BCUT2D eigenvalue weighted by Gasteiger charge is 2.44. The summed E-state index contributed by atoms with van der Waals surface area (Å²) < 4.78 is 15.8. The van der Waals surface area contributed by atoms with Crippen molar-refractivity contribution in [2.45, 2.75) is 25.6 Å². The van der Waals surface area contributed by atoms with Crippen LogP contribution in [-0.2, 0) is 23.5 Å². The third-order valence-electron chi connectivity index (χ3n) is 7.38. The first-order chi connectivity index (χ1) is 19.4. The molecule has 6 nitrogen and oxygen atoms in total. The Balaban J connectivity index is 1.38. The molecule has 0 spiro atoms. The zero-order valence-electron chi connectivity index (χ0n) is 22.1. The second kappa shape index (κ2) is 10.4. The Morgan fingerprint density at radius 3 is 2.05 bits per heavy atom. The van der Waals surface area contributed by atoms with Crippen molar-refractivity contribution in [3.8, 4) is 11.3 Å². The van der Waals surface area contributed by atoms with Gasteiger partial charge < -0.3 is 19.9 Å². The van der Waals surface area contributed by atoms with Crippen molar-refractivity contribution in [3.05, 3.63) is 138 Å². The third-order valence-corrected chi connectivity index (χ3v) is 7.38. The Morgan fingerprint density at radius 1 is 0.850 bits per heavy atom. The molecular formula is C33H29FN4O2. The highest BCUT2D eigenvalue weighted by molar-refractivity contribution is 5.90. The molecule has 4 aromatic carbocycles. The number of nitrogens with zero attached hydrogens (tertiary/aromatic N) is 3. The van der Waals surface area contributed by atoms with Crippen molar-refractivity contribution in [1.29, 1.82) is 0 Å². The molecule has 2 N–H and O–H groups in total. The van der Waals surface area contributed by atoms with E-state index in [0.29, 0.717) is 35.7 Å². The molecule has 0 saturated carbocycles. The molecule has 0 aliphatic carbocycles. The van der Waals surface area contributed by atoms with Crippen LogP contribution in [0.3, 0.4) is 0 Å². The highest BCUT2D eigenvalue weighted by atomic mass is 19.1. The summed E-state index contributed by atoms with van der Waals surface area (Å²) in [4.78, 5) is 20.7. The molecule has 5 aromatic rings. The number of nitrogens with one attached hydrogen (secondary N) is 1. The predicted octanol–water partition coefficient (Wildman–Crippen LogP) is 6.02. The van der Waals surface area contributed by atoms with Crippen LogP contribution in [0.2, 0.25) is 0 Å². The average molecular weight is 533 g/mol. The molecule has 40 heavy (non-hydrogen) atoms. The normalized spacial score (nSPS) is 13.1. The summed E-state index contributed by atoms with van der Waals surface area (Å²) >= 11 is 0. The number of fused-ring (bicyclic) bond motifs is 1. The number of aliphatic hydroxyl groups is 1. The number of hydrogen-bond acceptors (Lipinski definition) is 4. The van der Waals surface area contributed by atoms with Gasteiger partial charge in [0, 0.05) is 24.3 Å². The zero-order valence-corrected chi connectivity index (χ0v) is 22.1. The van der Waals surface area contributed by atoms with Crippen LogP contribution in [0.1, 0.15) is 22.5 Å². The van der Waals surface area contributed by atoms with E-state index in [1.807, 2.05) is 67.6 Å². The molecule has 0 radical (unpaired) electrons. The minimum absolute atomic E-state index is 0.213. The van der Waals surface area contributed by atoms with Crippen molar-refractivity contribution in [2.75, 3.05) is 11.9 Å².